The number of imidazole rings is 1. The van der Waals surface area contributed by atoms with Gasteiger partial charge in [0.05, 0.1) is 25.6 Å². The Morgan fingerprint density at radius 2 is 1.82 bits per heavy atom. The summed E-state index contributed by atoms with van der Waals surface area (Å²) < 4.78 is 58.4. The smallest absolute Gasteiger partial charge is 0.476 e. The fourth-order valence-electron chi connectivity index (χ4n) is 3.15. The molecule has 0 amide bonds. The number of hydrogen-bond donors (Lipinski definition) is 6. The predicted molar refractivity (Wildman–Crippen MR) is 110 cm³/mol. The Morgan fingerprint density at radius 3 is 2.44 bits per heavy atom. The number of rotatable bonds is 10. The van der Waals surface area contributed by atoms with Crippen molar-refractivity contribution in [1.82, 2.24) is 19.5 Å². The molecule has 0 spiro atoms. The van der Waals surface area contributed by atoms with E-state index in [0.29, 0.717) is 0 Å². The minimum Gasteiger partial charge on any atom is -0.476 e. The lowest BCUT2D eigenvalue weighted by Crippen LogP contribution is -2.29. The molecule has 21 heteroatoms. The van der Waals surface area contributed by atoms with Gasteiger partial charge in [-0.2, -0.15) is 18.6 Å². The molecule has 0 aliphatic carbocycles. The van der Waals surface area contributed by atoms with Crippen molar-refractivity contribution in [2.24, 2.45) is 5.92 Å². The van der Waals surface area contributed by atoms with Crippen LogP contribution in [0.5, 0.6) is 5.88 Å². The maximum absolute atomic E-state index is 11.9. The number of phosphoric acid groups is 3. The van der Waals surface area contributed by atoms with Gasteiger partial charge in [-0.15, -0.1) is 0 Å². The molecule has 3 rings (SSSR count). The number of aliphatic hydroxyl groups is 1. The number of phosphoric ester groups is 1. The van der Waals surface area contributed by atoms with Gasteiger partial charge in [0.2, 0.25) is 11.8 Å². The Bertz CT molecular complexity index is 1190. The summed E-state index contributed by atoms with van der Waals surface area (Å²) in [6.07, 6.45) is -2.06. The van der Waals surface area contributed by atoms with Crippen molar-refractivity contribution in [2.45, 2.75) is 32.3 Å². The predicted octanol–water partition coefficient (Wildman–Crippen LogP) is 0.0449. The third-order valence-electron chi connectivity index (χ3n) is 4.46. The minimum absolute atomic E-state index is 0.104. The monoisotopic (exact) mass is 549 g/mol. The molecular weight excluding hydrogens is 527 g/mol. The van der Waals surface area contributed by atoms with Gasteiger partial charge in [-0.1, -0.05) is 6.92 Å². The summed E-state index contributed by atoms with van der Waals surface area (Å²) >= 11 is 0. The van der Waals surface area contributed by atoms with Crippen molar-refractivity contribution < 1.29 is 61.0 Å². The van der Waals surface area contributed by atoms with Crippen LogP contribution in [0.15, 0.2) is 6.33 Å². The van der Waals surface area contributed by atoms with Crippen LogP contribution in [-0.2, 0) is 31.6 Å². The lowest BCUT2D eigenvalue weighted by Gasteiger charge is -2.19. The first-order valence-electron chi connectivity index (χ1n) is 9.37. The molecule has 192 valence electrons. The van der Waals surface area contributed by atoms with Crippen LogP contribution in [0.25, 0.3) is 11.2 Å². The lowest BCUT2D eigenvalue weighted by molar-refractivity contribution is -0.0438. The molecule has 1 saturated heterocycles. The van der Waals surface area contributed by atoms with Crippen LogP contribution in [0.4, 0.5) is 5.95 Å². The number of nitrogens with zero attached hydrogens (tertiary/aromatic N) is 4. The number of nitrogens with two attached hydrogens (primary N) is 1. The minimum atomic E-state index is -5.67. The van der Waals surface area contributed by atoms with Gasteiger partial charge in [-0.3, -0.25) is 9.09 Å². The summed E-state index contributed by atoms with van der Waals surface area (Å²) in [7, 11) is -16.6. The number of ether oxygens (including phenoxy) is 2. The Kier molecular flexibility index (Phi) is 7.85. The number of fused-ring (bicyclic) bond motifs is 1. The van der Waals surface area contributed by atoms with Crippen molar-refractivity contribution in [3.8, 4) is 5.88 Å². The maximum atomic E-state index is 11.9. The highest BCUT2D eigenvalue weighted by Crippen LogP contribution is 2.66. The zero-order valence-corrected chi connectivity index (χ0v) is 20.2. The first-order chi connectivity index (χ1) is 15.6. The SMILES string of the molecule is CCOc1nc(N)nc2c1ncn2C1OC(COP(=O)(O)OP(=O)(O)OP(=O)(O)O)C(O)C1C. The molecule has 2 aromatic heterocycles. The Balaban J connectivity index is 1.74. The topological polar surface area (TPSA) is 268 Å². The molecule has 0 saturated carbocycles. The molecule has 6 atom stereocenters. The summed E-state index contributed by atoms with van der Waals surface area (Å²) in [5.74, 6) is -0.606. The van der Waals surface area contributed by atoms with Crippen molar-refractivity contribution in [2.75, 3.05) is 18.9 Å². The van der Waals surface area contributed by atoms with E-state index in [0.717, 1.165) is 0 Å². The van der Waals surface area contributed by atoms with E-state index in [-0.39, 0.29) is 29.6 Å². The van der Waals surface area contributed by atoms with Crippen molar-refractivity contribution in [1.29, 1.82) is 0 Å². The van der Waals surface area contributed by atoms with E-state index in [2.05, 4.69) is 28.1 Å². The van der Waals surface area contributed by atoms with E-state index in [1.807, 2.05) is 0 Å². The molecule has 0 radical (unpaired) electrons. The Labute approximate surface area is 191 Å². The van der Waals surface area contributed by atoms with Gasteiger partial charge in [0.25, 0.3) is 0 Å². The highest BCUT2D eigenvalue weighted by atomic mass is 31.3. The molecule has 3 heterocycles. The molecule has 34 heavy (non-hydrogen) atoms. The van der Waals surface area contributed by atoms with Gasteiger partial charge >= 0.3 is 23.5 Å². The average molecular weight is 549 g/mol. The molecule has 1 fully saturated rings. The zero-order chi connectivity index (χ0) is 25.5. The van der Waals surface area contributed by atoms with E-state index >= 15 is 0 Å². The molecule has 2 aromatic rings. The van der Waals surface area contributed by atoms with Crippen LogP contribution in [0.2, 0.25) is 0 Å². The van der Waals surface area contributed by atoms with Crippen LogP contribution in [-0.4, -0.2) is 69.6 Å². The van der Waals surface area contributed by atoms with Crippen LogP contribution in [0, 0.1) is 5.92 Å². The highest BCUT2D eigenvalue weighted by Gasteiger charge is 2.45. The molecular formula is C13H22N5O13P3. The number of anilines is 1. The van der Waals surface area contributed by atoms with Gasteiger partial charge in [0.1, 0.15) is 12.3 Å². The van der Waals surface area contributed by atoms with Crippen molar-refractivity contribution in [3.05, 3.63) is 6.33 Å². The number of aliphatic hydroxyl groups excluding tert-OH is 1. The highest BCUT2D eigenvalue weighted by molar-refractivity contribution is 7.66. The Morgan fingerprint density at radius 1 is 1.15 bits per heavy atom. The molecule has 18 nitrogen and oxygen atoms in total. The number of nitrogen functional groups attached to an aromatic ring is 1. The van der Waals surface area contributed by atoms with Crippen LogP contribution in [0.1, 0.15) is 20.1 Å². The van der Waals surface area contributed by atoms with E-state index in [1.165, 1.54) is 10.9 Å². The average Bonchev–Trinajstić information content (AvgIpc) is 3.19. The first-order valence-corrected chi connectivity index (χ1v) is 13.9. The third-order valence-corrected chi connectivity index (χ3v) is 8.27. The van der Waals surface area contributed by atoms with E-state index in [4.69, 9.17) is 25.0 Å². The van der Waals surface area contributed by atoms with Crippen molar-refractivity contribution in [3.63, 3.8) is 0 Å². The second-order valence-electron chi connectivity index (χ2n) is 6.95. The Hall–Kier alpha value is -1.52. The lowest BCUT2D eigenvalue weighted by atomic mass is 10.0. The van der Waals surface area contributed by atoms with E-state index in [9.17, 15) is 28.6 Å². The molecule has 0 bridgehead atoms. The van der Waals surface area contributed by atoms with Crippen molar-refractivity contribution >= 4 is 40.6 Å². The first kappa shape index (κ1) is 27.1. The summed E-state index contributed by atoms with van der Waals surface area (Å²) in [6.45, 7) is 2.80. The molecule has 6 unspecified atom stereocenters. The standard InChI is InChI=1S/C13H22N5O13P3/c1-3-27-11-8-10(16-13(14)17-11)18(5-15-8)12-6(2)9(19)7(29-12)4-28-33(23,24)31-34(25,26)30-32(20,21)22/h5-7,9,12,19H,3-4H2,1-2H3,(H,23,24)(H,25,26)(H2,14,16,17)(H2,20,21,22). The number of hydrogen-bond acceptors (Lipinski definition) is 13. The van der Waals surface area contributed by atoms with Crippen LogP contribution in [0.3, 0.4) is 0 Å². The van der Waals surface area contributed by atoms with Crippen LogP contribution >= 0.6 is 23.5 Å². The maximum Gasteiger partial charge on any atom is 0.490 e. The number of aromatic nitrogens is 4. The fourth-order valence-corrected chi connectivity index (χ4v) is 6.18. The summed E-state index contributed by atoms with van der Waals surface area (Å²) in [5, 5.41) is 10.5. The quantitative estimate of drug-likeness (QED) is 0.214. The third kappa shape index (κ3) is 6.37. The van der Waals surface area contributed by atoms with Gasteiger partial charge in [-0.25, -0.2) is 18.7 Å². The van der Waals surface area contributed by atoms with Gasteiger partial charge in [0.15, 0.2) is 11.2 Å². The van der Waals surface area contributed by atoms with Gasteiger partial charge in [0, 0.05) is 5.92 Å². The zero-order valence-electron chi connectivity index (χ0n) is 17.5. The second kappa shape index (κ2) is 9.85. The molecule has 7 N–H and O–H groups in total. The summed E-state index contributed by atoms with van der Waals surface area (Å²) in [5.41, 5.74) is 6.23. The van der Waals surface area contributed by atoms with Gasteiger partial charge < -0.3 is 39.9 Å². The van der Waals surface area contributed by atoms with E-state index < -0.39 is 54.4 Å². The molecule has 1 aliphatic heterocycles. The second-order valence-corrected chi connectivity index (χ2v) is 11.4. The van der Waals surface area contributed by atoms with E-state index in [1.54, 1.807) is 13.8 Å². The molecule has 0 aromatic carbocycles. The molecule has 1 aliphatic rings. The van der Waals surface area contributed by atoms with Crippen LogP contribution < -0.4 is 10.5 Å². The summed E-state index contributed by atoms with van der Waals surface area (Å²) in [4.78, 5) is 48.2. The normalized spacial score (nSPS) is 26.9. The fraction of sp³-hybridized carbons (Fsp3) is 0.615. The largest absolute Gasteiger partial charge is 0.490 e. The van der Waals surface area contributed by atoms with Gasteiger partial charge in [-0.05, 0) is 6.92 Å². The summed E-state index contributed by atoms with van der Waals surface area (Å²) in [6, 6.07) is 0.